The Labute approximate surface area is 127 Å². The van der Waals surface area contributed by atoms with Crippen molar-refractivity contribution in [1.29, 1.82) is 0 Å². The molecular weight excluding hydrogens is 264 g/mol. The highest BCUT2D eigenvalue weighted by Gasteiger charge is 2.24. The number of piperidine rings is 1. The average Bonchev–Trinajstić information content (AvgIpc) is 2.48. The molecule has 5 heteroatoms. The molecule has 1 atom stereocenters. The molecule has 0 aliphatic carbocycles. The van der Waals surface area contributed by atoms with Gasteiger partial charge in [-0.05, 0) is 52.2 Å². The van der Waals surface area contributed by atoms with Crippen LogP contribution in [0.25, 0.3) is 0 Å². The van der Waals surface area contributed by atoms with E-state index in [1.54, 1.807) is 6.20 Å². The average molecular weight is 290 g/mol. The van der Waals surface area contributed by atoms with E-state index in [4.69, 9.17) is 0 Å². The minimum absolute atomic E-state index is 0.0366. The van der Waals surface area contributed by atoms with Crippen molar-refractivity contribution in [2.24, 2.45) is 5.92 Å². The molecule has 5 nitrogen and oxygen atoms in total. The van der Waals surface area contributed by atoms with Crippen LogP contribution in [0.15, 0.2) is 12.5 Å². The van der Waals surface area contributed by atoms with Crippen molar-refractivity contribution in [3.63, 3.8) is 0 Å². The van der Waals surface area contributed by atoms with Crippen molar-refractivity contribution >= 4 is 5.91 Å². The monoisotopic (exact) mass is 290 g/mol. The third-order valence-corrected chi connectivity index (χ3v) is 4.36. The SMILES string of the molecule is CCCc1ncncc1C(=O)N[C@H](C)C1CCN(C)CC1. The molecule has 1 aromatic heterocycles. The minimum Gasteiger partial charge on any atom is -0.349 e. The van der Waals surface area contributed by atoms with Crippen LogP contribution in [0, 0.1) is 5.92 Å². The van der Waals surface area contributed by atoms with Gasteiger partial charge in [0, 0.05) is 12.2 Å². The van der Waals surface area contributed by atoms with Crippen LogP contribution in [-0.2, 0) is 6.42 Å². The Hall–Kier alpha value is -1.49. The lowest BCUT2D eigenvalue weighted by Gasteiger charge is -2.33. The first kappa shape index (κ1) is 15.9. The van der Waals surface area contributed by atoms with Crippen molar-refractivity contribution in [2.45, 2.75) is 45.6 Å². The maximum Gasteiger partial charge on any atom is 0.254 e. The van der Waals surface area contributed by atoms with Gasteiger partial charge in [0.2, 0.25) is 0 Å². The predicted molar refractivity (Wildman–Crippen MR) is 83.2 cm³/mol. The largest absolute Gasteiger partial charge is 0.349 e. The summed E-state index contributed by atoms with van der Waals surface area (Å²) in [5.41, 5.74) is 1.47. The molecule has 2 heterocycles. The standard InChI is InChI=1S/C16H26N4O/c1-4-5-15-14(10-17-11-18-15)16(21)19-12(2)13-6-8-20(3)9-7-13/h10-13H,4-9H2,1-3H3,(H,19,21)/t12-/m1/s1. The van der Waals surface area contributed by atoms with Gasteiger partial charge in [0.05, 0.1) is 11.3 Å². The molecule has 0 bridgehead atoms. The second kappa shape index (κ2) is 7.50. The molecule has 1 aromatic rings. The van der Waals surface area contributed by atoms with E-state index in [0.717, 1.165) is 44.5 Å². The number of likely N-dealkylation sites (tertiary alicyclic amines) is 1. The molecule has 1 aliphatic heterocycles. The molecule has 0 spiro atoms. The quantitative estimate of drug-likeness (QED) is 0.899. The highest BCUT2D eigenvalue weighted by molar-refractivity contribution is 5.95. The van der Waals surface area contributed by atoms with E-state index in [1.165, 1.54) is 6.33 Å². The fraction of sp³-hybridized carbons (Fsp3) is 0.688. The van der Waals surface area contributed by atoms with Crippen LogP contribution in [0.4, 0.5) is 0 Å². The van der Waals surface area contributed by atoms with Gasteiger partial charge in [-0.25, -0.2) is 9.97 Å². The van der Waals surface area contributed by atoms with E-state index < -0.39 is 0 Å². The van der Waals surface area contributed by atoms with Crippen LogP contribution in [0.5, 0.6) is 0 Å². The van der Waals surface area contributed by atoms with Gasteiger partial charge in [-0.2, -0.15) is 0 Å². The number of amides is 1. The third-order valence-electron chi connectivity index (χ3n) is 4.36. The van der Waals surface area contributed by atoms with E-state index in [2.05, 4.69) is 41.1 Å². The van der Waals surface area contributed by atoms with Crippen molar-refractivity contribution in [3.05, 3.63) is 23.8 Å². The predicted octanol–water partition coefficient (Wildman–Crippen LogP) is 1.89. The lowest BCUT2D eigenvalue weighted by Crippen LogP contribution is -2.43. The first-order valence-corrected chi connectivity index (χ1v) is 7.90. The van der Waals surface area contributed by atoms with Crippen molar-refractivity contribution in [1.82, 2.24) is 20.2 Å². The zero-order chi connectivity index (χ0) is 15.2. The molecule has 1 fully saturated rings. The second-order valence-electron chi connectivity index (χ2n) is 6.04. The number of nitrogens with one attached hydrogen (secondary N) is 1. The van der Waals surface area contributed by atoms with Gasteiger partial charge in [-0.3, -0.25) is 4.79 Å². The van der Waals surface area contributed by atoms with Crippen molar-refractivity contribution < 1.29 is 4.79 Å². The van der Waals surface area contributed by atoms with Crippen LogP contribution < -0.4 is 5.32 Å². The summed E-state index contributed by atoms with van der Waals surface area (Å²) in [6.07, 6.45) is 7.22. The van der Waals surface area contributed by atoms with E-state index in [9.17, 15) is 4.79 Å². The maximum atomic E-state index is 12.5. The zero-order valence-corrected chi connectivity index (χ0v) is 13.3. The molecule has 116 valence electrons. The fourth-order valence-corrected chi connectivity index (χ4v) is 2.91. The summed E-state index contributed by atoms with van der Waals surface area (Å²) in [5.74, 6) is 0.523. The van der Waals surface area contributed by atoms with Gasteiger partial charge in [-0.15, -0.1) is 0 Å². The Morgan fingerprint density at radius 2 is 2.19 bits per heavy atom. The van der Waals surface area contributed by atoms with Gasteiger partial charge in [0.15, 0.2) is 0 Å². The molecule has 2 rings (SSSR count). The van der Waals surface area contributed by atoms with Gasteiger partial charge in [0.1, 0.15) is 6.33 Å². The first-order chi connectivity index (χ1) is 10.1. The third kappa shape index (κ3) is 4.24. The smallest absolute Gasteiger partial charge is 0.254 e. The van der Waals surface area contributed by atoms with E-state index in [0.29, 0.717) is 11.5 Å². The Kier molecular flexibility index (Phi) is 5.67. The van der Waals surface area contributed by atoms with Crippen LogP contribution in [0.1, 0.15) is 49.2 Å². The lowest BCUT2D eigenvalue weighted by atomic mass is 9.90. The summed E-state index contributed by atoms with van der Waals surface area (Å²) < 4.78 is 0. The number of hydrogen-bond donors (Lipinski definition) is 1. The summed E-state index contributed by atoms with van der Waals surface area (Å²) in [7, 11) is 2.15. The molecule has 0 aromatic carbocycles. The second-order valence-corrected chi connectivity index (χ2v) is 6.04. The molecule has 0 radical (unpaired) electrons. The van der Waals surface area contributed by atoms with Gasteiger partial charge in [0.25, 0.3) is 5.91 Å². The summed E-state index contributed by atoms with van der Waals surface area (Å²) in [5, 5.41) is 3.14. The van der Waals surface area contributed by atoms with Crippen molar-refractivity contribution in [3.8, 4) is 0 Å². The Morgan fingerprint density at radius 3 is 2.86 bits per heavy atom. The van der Waals surface area contributed by atoms with E-state index in [-0.39, 0.29) is 11.9 Å². The molecule has 21 heavy (non-hydrogen) atoms. The first-order valence-electron chi connectivity index (χ1n) is 7.90. The Bertz CT molecular complexity index is 469. The maximum absolute atomic E-state index is 12.5. The molecule has 1 amide bonds. The summed E-state index contributed by atoms with van der Waals surface area (Å²) in [6, 6.07) is 0.195. The minimum atomic E-state index is -0.0366. The molecule has 0 unspecified atom stereocenters. The Balaban J connectivity index is 1.97. The number of nitrogens with zero attached hydrogens (tertiary/aromatic N) is 3. The summed E-state index contributed by atoms with van der Waals surface area (Å²) in [6.45, 7) is 6.42. The van der Waals surface area contributed by atoms with Crippen LogP contribution in [0.2, 0.25) is 0 Å². The topological polar surface area (TPSA) is 58.1 Å². The van der Waals surface area contributed by atoms with Crippen LogP contribution >= 0.6 is 0 Å². The van der Waals surface area contributed by atoms with E-state index in [1.807, 2.05) is 0 Å². The number of carbonyl (C=O) groups excluding carboxylic acids is 1. The normalized spacial score (nSPS) is 18.4. The van der Waals surface area contributed by atoms with Crippen LogP contribution in [0.3, 0.4) is 0 Å². The number of carbonyl (C=O) groups is 1. The Morgan fingerprint density at radius 1 is 1.48 bits per heavy atom. The van der Waals surface area contributed by atoms with Gasteiger partial charge >= 0.3 is 0 Å². The highest BCUT2D eigenvalue weighted by Crippen LogP contribution is 2.20. The molecular formula is C16H26N4O. The molecule has 0 saturated carbocycles. The number of hydrogen-bond acceptors (Lipinski definition) is 4. The van der Waals surface area contributed by atoms with Crippen LogP contribution in [-0.4, -0.2) is 47.0 Å². The highest BCUT2D eigenvalue weighted by atomic mass is 16.1. The number of rotatable bonds is 5. The van der Waals surface area contributed by atoms with E-state index >= 15 is 0 Å². The number of aryl methyl sites for hydroxylation is 1. The number of aromatic nitrogens is 2. The molecule has 1 aliphatic rings. The lowest BCUT2D eigenvalue weighted by molar-refractivity contribution is 0.0907. The van der Waals surface area contributed by atoms with Gasteiger partial charge < -0.3 is 10.2 Å². The zero-order valence-electron chi connectivity index (χ0n) is 13.3. The molecule has 1 saturated heterocycles. The summed E-state index contributed by atoms with van der Waals surface area (Å²) in [4.78, 5) is 23.0. The summed E-state index contributed by atoms with van der Waals surface area (Å²) >= 11 is 0. The van der Waals surface area contributed by atoms with Gasteiger partial charge in [-0.1, -0.05) is 13.3 Å². The fourth-order valence-electron chi connectivity index (χ4n) is 2.91. The molecule has 1 N–H and O–H groups in total. The van der Waals surface area contributed by atoms with Crippen molar-refractivity contribution in [2.75, 3.05) is 20.1 Å².